The van der Waals surface area contributed by atoms with Crippen molar-refractivity contribution in [2.24, 2.45) is 0 Å². The van der Waals surface area contributed by atoms with Crippen molar-refractivity contribution >= 4 is 11.8 Å². The number of ether oxygens (including phenoxy) is 2. The predicted molar refractivity (Wildman–Crippen MR) is 284 cm³/mol. The Balaban J connectivity index is 0.000000132. The highest BCUT2D eigenvalue weighted by atomic mass is 19.1. The third-order valence-corrected chi connectivity index (χ3v) is 13.8. The number of hydrogen-bond acceptors (Lipinski definition) is 19. The highest BCUT2D eigenvalue weighted by Crippen LogP contribution is 2.41. The number of aromatic nitrogens is 12. The fourth-order valence-corrected chi connectivity index (χ4v) is 8.25. The van der Waals surface area contributed by atoms with E-state index >= 15 is 0 Å². The molecule has 3 fully saturated rings. The zero-order valence-electron chi connectivity index (χ0n) is 44.9. The van der Waals surface area contributed by atoms with Crippen LogP contribution in [0.2, 0.25) is 0 Å². The Bertz CT molecular complexity index is 3170. The lowest BCUT2D eigenvalue weighted by Gasteiger charge is -2.17. The molecular formula is C57H60F2N14O5. The van der Waals surface area contributed by atoms with E-state index in [1.165, 1.54) is 0 Å². The molecule has 3 atom stereocenters. The summed E-state index contributed by atoms with van der Waals surface area (Å²) in [5.74, 6) is 6.70. The van der Waals surface area contributed by atoms with E-state index in [4.69, 9.17) is 28.8 Å². The van der Waals surface area contributed by atoms with Crippen molar-refractivity contribution in [2.75, 3.05) is 11.1 Å². The zero-order chi connectivity index (χ0) is 54.8. The minimum atomic E-state index is -0.783. The molecule has 78 heavy (non-hydrogen) atoms. The van der Waals surface area contributed by atoms with Crippen molar-refractivity contribution in [1.29, 1.82) is 0 Å². The first kappa shape index (κ1) is 52.8. The number of nitrogen functional groups attached to an aromatic ring is 1. The molecule has 0 spiro atoms. The van der Waals surface area contributed by atoms with Gasteiger partial charge in [-0.05, 0) is 130 Å². The normalized spacial score (nSPS) is 15.1. The molecule has 0 amide bonds. The van der Waals surface area contributed by atoms with Crippen molar-refractivity contribution in [2.45, 2.75) is 137 Å². The summed E-state index contributed by atoms with van der Waals surface area (Å²) in [5, 5.41) is 15.3. The van der Waals surface area contributed by atoms with Crippen molar-refractivity contribution in [3.8, 4) is 46.0 Å². The molecule has 3 unspecified atom stereocenters. The summed E-state index contributed by atoms with van der Waals surface area (Å²) in [6, 6.07) is 23.4. The van der Waals surface area contributed by atoms with Crippen molar-refractivity contribution in [3.05, 3.63) is 153 Å². The lowest BCUT2D eigenvalue weighted by atomic mass is 10.1. The van der Waals surface area contributed by atoms with Gasteiger partial charge >= 0.3 is 6.08 Å². The van der Waals surface area contributed by atoms with Crippen LogP contribution in [0.3, 0.4) is 0 Å². The second-order valence-electron chi connectivity index (χ2n) is 20.1. The van der Waals surface area contributed by atoms with Crippen molar-refractivity contribution in [3.63, 3.8) is 0 Å². The van der Waals surface area contributed by atoms with E-state index in [-0.39, 0.29) is 35.9 Å². The SMILES string of the molecule is Cc1nc(C)c(F)c(NC(C)c2ccc(-c3nc(C4CC4)no3)cc2)n1.Cc1nc(F)nc(OC(C)c2ccc(-c3noc(C4CC4)n3)cc2)c1C.Cc1nc(N)nc(OC(C)c2ccc(-c3noc(C4CC4)n3)cc2)c1C. The van der Waals surface area contributed by atoms with Gasteiger partial charge in [0.2, 0.25) is 41.1 Å². The summed E-state index contributed by atoms with van der Waals surface area (Å²) in [6.07, 6.45) is 5.56. The summed E-state index contributed by atoms with van der Waals surface area (Å²) >= 11 is 0. The van der Waals surface area contributed by atoms with Crippen LogP contribution in [-0.4, -0.2) is 60.3 Å². The summed E-state index contributed by atoms with van der Waals surface area (Å²) < 4.78 is 55.5. The molecule has 0 bridgehead atoms. The Kier molecular flexibility index (Phi) is 15.3. The number of aryl methyl sites for hydroxylation is 4. The molecule has 19 nitrogen and oxygen atoms in total. The molecule has 402 valence electrons. The van der Waals surface area contributed by atoms with Crippen LogP contribution in [0.25, 0.3) is 34.2 Å². The van der Waals surface area contributed by atoms with Gasteiger partial charge in [-0.15, -0.1) is 0 Å². The summed E-state index contributed by atoms with van der Waals surface area (Å²) in [5.41, 5.74) is 14.7. The third kappa shape index (κ3) is 12.6. The van der Waals surface area contributed by atoms with Crippen LogP contribution >= 0.6 is 0 Å². The van der Waals surface area contributed by atoms with E-state index in [2.05, 4.69) is 65.6 Å². The largest absolute Gasteiger partial charge is 0.469 e. The van der Waals surface area contributed by atoms with Crippen LogP contribution in [0, 0.1) is 53.4 Å². The van der Waals surface area contributed by atoms with Gasteiger partial charge in [0.05, 0.1) is 17.4 Å². The molecule has 6 heterocycles. The lowest BCUT2D eigenvalue weighted by Crippen LogP contribution is -2.11. The van der Waals surface area contributed by atoms with Gasteiger partial charge in [0, 0.05) is 51.3 Å². The molecule has 21 heteroatoms. The van der Waals surface area contributed by atoms with Crippen LogP contribution in [0.15, 0.2) is 86.4 Å². The maximum absolute atomic E-state index is 14.2. The minimum Gasteiger partial charge on any atom is -0.469 e. The maximum atomic E-state index is 14.2. The number of nitrogens with two attached hydrogens (primary N) is 1. The van der Waals surface area contributed by atoms with E-state index in [0.29, 0.717) is 58.4 Å². The van der Waals surface area contributed by atoms with E-state index in [1.54, 1.807) is 20.8 Å². The number of benzene rings is 3. The average molecular weight is 1060 g/mol. The Morgan fingerprint density at radius 3 is 1.53 bits per heavy atom. The molecular weight excluding hydrogens is 999 g/mol. The zero-order valence-corrected chi connectivity index (χ0v) is 44.9. The standard InChI is InChI=1S/C19H20FN5O.C19H19FN4O2.C19H21N5O2/c1-10(22-18-16(20)11(2)21-12(3)23-18)13-4-8-15(9-5-13)19-24-17(25-26-19)14-6-7-14;2*1-10-11(2)21-19(20)23-17(10)25-12(3)13-4-6-14(7-5-13)16-22-18(26-24-16)15-8-9-15/h4-5,8-10,14H,6-7H2,1-3H3,(H,21,22,23);4-7,12,15H,8-9H2,1-3H3;4-7,12,15H,8-9H2,1-3H3,(H2,20,21,23). The third-order valence-electron chi connectivity index (χ3n) is 13.8. The number of hydrogen-bond donors (Lipinski definition) is 2. The average Bonchev–Trinajstić information content (AvgIpc) is 4.45. The summed E-state index contributed by atoms with van der Waals surface area (Å²) in [4.78, 5) is 37.4. The second kappa shape index (κ2) is 22.5. The fourth-order valence-electron chi connectivity index (χ4n) is 8.25. The molecule has 3 aromatic carbocycles. The highest BCUT2D eigenvalue weighted by Gasteiger charge is 2.31. The molecule has 3 N–H and O–H groups in total. The summed E-state index contributed by atoms with van der Waals surface area (Å²) in [6.45, 7) is 16.6. The Labute approximate surface area is 449 Å². The Hall–Kier alpha value is -8.62. The number of halogens is 2. The van der Waals surface area contributed by atoms with Crippen LogP contribution in [0.4, 0.5) is 20.5 Å². The van der Waals surface area contributed by atoms with Gasteiger partial charge in [0.1, 0.15) is 18.0 Å². The molecule has 6 aromatic heterocycles. The number of nitrogens with zero attached hydrogens (tertiary/aromatic N) is 12. The molecule has 9 aromatic rings. The van der Waals surface area contributed by atoms with Crippen molar-refractivity contribution < 1.29 is 31.8 Å². The van der Waals surface area contributed by atoms with Gasteiger partial charge in [-0.3, -0.25) is 0 Å². The number of nitrogens with one attached hydrogen (secondary N) is 1. The van der Waals surface area contributed by atoms with E-state index in [9.17, 15) is 8.78 Å². The van der Waals surface area contributed by atoms with Crippen LogP contribution in [0.1, 0.15) is 164 Å². The molecule has 3 aliphatic rings. The topological polar surface area (TPSA) is 251 Å². The minimum absolute atomic E-state index is 0.114. The monoisotopic (exact) mass is 1060 g/mol. The smallest absolute Gasteiger partial charge is 0.312 e. The molecule has 3 aliphatic carbocycles. The summed E-state index contributed by atoms with van der Waals surface area (Å²) in [7, 11) is 0. The van der Waals surface area contributed by atoms with E-state index in [0.717, 1.165) is 106 Å². The van der Waals surface area contributed by atoms with Gasteiger partial charge in [0.15, 0.2) is 17.5 Å². The Morgan fingerprint density at radius 1 is 0.513 bits per heavy atom. The van der Waals surface area contributed by atoms with E-state index < -0.39 is 11.9 Å². The molecule has 0 saturated heterocycles. The first-order valence-electron chi connectivity index (χ1n) is 26.1. The molecule has 3 saturated carbocycles. The molecule has 0 radical (unpaired) electrons. The number of anilines is 2. The lowest BCUT2D eigenvalue weighted by molar-refractivity contribution is 0.211. The van der Waals surface area contributed by atoms with Gasteiger partial charge in [-0.1, -0.05) is 76.1 Å². The van der Waals surface area contributed by atoms with E-state index in [1.807, 2.05) is 114 Å². The molecule has 12 rings (SSSR count). The van der Waals surface area contributed by atoms with Gasteiger partial charge < -0.3 is 34.1 Å². The van der Waals surface area contributed by atoms with Gasteiger partial charge in [-0.25, -0.2) is 24.3 Å². The van der Waals surface area contributed by atoms with Crippen molar-refractivity contribution in [1.82, 2.24) is 60.3 Å². The highest BCUT2D eigenvalue weighted by molar-refractivity contribution is 5.57. The quantitative estimate of drug-likeness (QED) is 0.0905. The predicted octanol–water partition coefficient (Wildman–Crippen LogP) is 12.4. The number of rotatable bonds is 15. The fraction of sp³-hybridized carbons (Fsp3) is 0.368. The Morgan fingerprint density at radius 2 is 1.00 bits per heavy atom. The molecule has 0 aliphatic heterocycles. The maximum Gasteiger partial charge on any atom is 0.312 e. The van der Waals surface area contributed by atoms with Gasteiger partial charge in [0.25, 0.3) is 5.89 Å². The first-order valence-corrected chi connectivity index (χ1v) is 26.1. The van der Waals surface area contributed by atoms with Gasteiger partial charge in [-0.2, -0.15) is 29.3 Å². The second-order valence-corrected chi connectivity index (χ2v) is 20.1. The van der Waals surface area contributed by atoms with Crippen LogP contribution in [0.5, 0.6) is 11.8 Å². The first-order chi connectivity index (χ1) is 37.5. The van der Waals surface area contributed by atoms with Crippen LogP contribution < -0.4 is 20.5 Å². The van der Waals surface area contributed by atoms with Crippen LogP contribution in [-0.2, 0) is 0 Å².